The molecule has 192 valence electrons. The number of hydrogen-bond acceptors (Lipinski definition) is 3. The minimum Gasteiger partial charge on any atom is -0.463 e. The highest BCUT2D eigenvalue weighted by atomic mass is 79.9. The molecular formula is C28H32BrF2N2O3+. The normalized spacial score (nSPS) is 19.0. The molecule has 4 rings (SSSR count). The Morgan fingerprint density at radius 3 is 2.64 bits per heavy atom. The average molecular weight is 562 g/mol. The summed E-state index contributed by atoms with van der Waals surface area (Å²) in [5.74, 6) is -3.59. The van der Waals surface area contributed by atoms with Crippen molar-refractivity contribution in [2.24, 2.45) is 5.92 Å². The molecule has 0 amide bonds. The first-order chi connectivity index (χ1) is 17.2. The molecule has 1 N–H and O–H groups in total. The van der Waals surface area contributed by atoms with E-state index in [0.717, 1.165) is 16.8 Å². The number of ether oxygens (including phenoxy) is 1. The van der Waals surface area contributed by atoms with Gasteiger partial charge in [0.1, 0.15) is 18.9 Å². The number of carbonyl (C=O) groups is 1. The lowest BCUT2D eigenvalue weighted by atomic mass is 9.72. The van der Waals surface area contributed by atoms with Gasteiger partial charge in [-0.1, -0.05) is 58.4 Å². The summed E-state index contributed by atoms with van der Waals surface area (Å²) in [4.78, 5) is 13.2. The maximum Gasteiger partial charge on any atom is 0.343 e. The molecule has 36 heavy (non-hydrogen) atoms. The predicted octanol–water partition coefficient (Wildman–Crippen LogP) is 5.54. The minimum atomic E-state index is -2.90. The smallest absolute Gasteiger partial charge is 0.343 e. The van der Waals surface area contributed by atoms with Crippen LogP contribution in [0, 0.1) is 12.8 Å². The molecule has 3 aromatic rings. The van der Waals surface area contributed by atoms with E-state index in [1.807, 2.05) is 31.5 Å². The van der Waals surface area contributed by atoms with E-state index >= 15 is 0 Å². The third-order valence-corrected chi connectivity index (χ3v) is 7.59. The van der Waals surface area contributed by atoms with Crippen molar-refractivity contribution in [3.63, 3.8) is 0 Å². The molecule has 1 saturated carbocycles. The zero-order valence-corrected chi connectivity index (χ0v) is 22.0. The minimum absolute atomic E-state index is 0.0847. The fourth-order valence-electron chi connectivity index (χ4n) is 4.98. The van der Waals surface area contributed by atoms with Crippen molar-refractivity contribution in [3.8, 4) is 0 Å². The number of rotatable bonds is 9. The lowest BCUT2D eigenvalue weighted by molar-refractivity contribution is -0.694. The van der Waals surface area contributed by atoms with E-state index in [1.54, 1.807) is 30.3 Å². The maximum atomic E-state index is 14.2. The van der Waals surface area contributed by atoms with Gasteiger partial charge < -0.3 is 9.84 Å². The van der Waals surface area contributed by atoms with Gasteiger partial charge in [-0.3, -0.25) is 0 Å². The predicted molar refractivity (Wildman–Crippen MR) is 135 cm³/mol. The van der Waals surface area contributed by atoms with Crippen LogP contribution in [0.4, 0.5) is 8.78 Å². The Bertz CT molecular complexity index is 1170. The fraction of sp³-hybridized carbons (Fsp3) is 0.429. The Hall–Kier alpha value is -2.58. The van der Waals surface area contributed by atoms with E-state index in [4.69, 9.17) is 4.74 Å². The van der Waals surface area contributed by atoms with E-state index in [0.29, 0.717) is 24.9 Å². The molecule has 0 spiro atoms. The van der Waals surface area contributed by atoms with Gasteiger partial charge in [-0.25, -0.2) is 22.7 Å². The van der Waals surface area contributed by atoms with Crippen molar-refractivity contribution in [2.45, 2.75) is 63.6 Å². The highest BCUT2D eigenvalue weighted by Crippen LogP contribution is 2.45. The zero-order chi connectivity index (χ0) is 25.8. The zero-order valence-electron chi connectivity index (χ0n) is 20.4. The first kappa shape index (κ1) is 26.5. The number of halogens is 3. The van der Waals surface area contributed by atoms with E-state index in [1.165, 1.54) is 5.56 Å². The molecule has 2 atom stereocenters. The van der Waals surface area contributed by atoms with Gasteiger partial charge >= 0.3 is 5.97 Å². The van der Waals surface area contributed by atoms with Gasteiger partial charge in [0, 0.05) is 36.6 Å². The molecule has 1 aromatic heterocycles. The summed E-state index contributed by atoms with van der Waals surface area (Å²) in [7, 11) is 0. The summed E-state index contributed by atoms with van der Waals surface area (Å²) in [5.41, 5.74) is -0.610. The molecule has 1 aliphatic rings. The number of aryl methyl sites for hydroxylation is 1. The number of carbonyl (C=O) groups excluding carboxylic acids is 1. The third-order valence-electron chi connectivity index (χ3n) is 7.06. The molecule has 1 aliphatic carbocycles. The molecule has 8 heteroatoms. The Morgan fingerprint density at radius 2 is 1.94 bits per heavy atom. The maximum absolute atomic E-state index is 14.2. The highest BCUT2D eigenvalue weighted by molar-refractivity contribution is 9.10. The number of alkyl halides is 2. The number of aliphatic hydroxyl groups is 1. The summed E-state index contributed by atoms with van der Waals surface area (Å²) in [6, 6.07) is 16.5. The third kappa shape index (κ3) is 6.03. The second-order valence-electron chi connectivity index (χ2n) is 9.56. The number of aromatic nitrogens is 2. The largest absolute Gasteiger partial charge is 0.463 e. The van der Waals surface area contributed by atoms with Gasteiger partial charge in [0.2, 0.25) is 5.92 Å². The Kier molecular flexibility index (Phi) is 8.25. The van der Waals surface area contributed by atoms with Crippen LogP contribution >= 0.6 is 15.9 Å². The van der Waals surface area contributed by atoms with Crippen LogP contribution in [0.2, 0.25) is 0 Å². The van der Waals surface area contributed by atoms with Gasteiger partial charge in [0.25, 0.3) is 5.82 Å². The van der Waals surface area contributed by atoms with Crippen molar-refractivity contribution in [3.05, 3.63) is 88.4 Å². The molecule has 2 aromatic carbocycles. The van der Waals surface area contributed by atoms with Gasteiger partial charge in [0.05, 0.1) is 13.2 Å². The summed E-state index contributed by atoms with van der Waals surface area (Å²) in [6.07, 6.45) is 4.38. The topological polar surface area (TPSA) is 55.3 Å². The molecule has 1 heterocycles. The van der Waals surface area contributed by atoms with Crippen LogP contribution < -0.4 is 4.57 Å². The first-order valence-corrected chi connectivity index (χ1v) is 13.1. The van der Waals surface area contributed by atoms with E-state index in [-0.39, 0.29) is 19.4 Å². The molecule has 0 aliphatic heterocycles. The van der Waals surface area contributed by atoms with E-state index in [9.17, 15) is 18.7 Å². The lowest BCUT2D eigenvalue weighted by Crippen LogP contribution is -2.48. The highest BCUT2D eigenvalue weighted by Gasteiger charge is 2.52. The molecule has 5 nitrogen and oxygen atoms in total. The second-order valence-corrected chi connectivity index (χ2v) is 10.5. The number of imidazole rings is 1. The Morgan fingerprint density at radius 1 is 1.22 bits per heavy atom. The molecule has 0 unspecified atom stereocenters. The van der Waals surface area contributed by atoms with Crippen LogP contribution in [0.15, 0.2) is 71.5 Å². The van der Waals surface area contributed by atoms with E-state index in [2.05, 4.69) is 37.2 Å². The van der Waals surface area contributed by atoms with Gasteiger partial charge in [0.15, 0.2) is 5.60 Å². The first-order valence-electron chi connectivity index (χ1n) is 12.3. The van der Waals surface area contributed by atoms with Crippen molar-refractivity contribution in [1.29, 1.82) is 0 Å². The number of benzene rings is 2. The molecule has 1 fully saturated rings. The average Bonchev–Trinajstić information content (AvgIpc) is 3.21. The van der Waals surface area contributed by atoms with Crippen molar-refractivity contribution in [1.82, 2.24) is 4.57 Å². The standard InChI is InChI=1S/C28H32BrF2N2O3/c1-21-32(16-17-33(21)20-22-10-12-25(29)13-11-22)15-6-18-36-26(34)28(35,23-7-3-2-4-8-23)24-9-5-14-27(30,31)19-24/h2-4,7-8,10-13,16-17,24,35H,5-6,9,14-15,18-20H2,1H3/q+1/t24-,28+/m1/s1. The van der Waals surface area contributed by atoms with Crippen molar-refractivity contribution in [2.75, 3.05) is 6.61 Å². The van der Waals surface area contributed by atoms with Crippen LogP contribution in [0.3, 0.4) is 0 Å². The molecular weight excluding hydrogens is 530 g/mol. The Balaban J connectivity index is 1.37. The van der Waals surface area contributed by atoms with Crippen molar-refractivity contribution >= 4 is 21.9 Å². The van der Waals surface area contributed by atoms with Crippen LogP contribution in [-0.2, 0) is 28.2 Å². The number of hydrogen-bond donors (Lipinski definition) is 1. The molecule has 0 saturated heterocycles. The van der Waals surface area contributed by atoms with Crippen LogP contribution in [0.25, 0.3) is 0 Å². The van der Waals surface area contributed by atoms with Gasteiger partial charge in [-0.05, 0) is 36.1 Å². The SMILES string of the molecule is Cc1n(CCCOC(=O)[C@](O)(c2ccccc2)[C@@H]2CCCC(F)(F)C2)cc[n+]1Cc1ccc(Br)cc1. The van der Waals surface area contributed by atoms with Gasteiger partial charge in [-0.2, -0.15) is 0 Å². The second kappa shape index (κ2) is 11.2. The summed E-state index contributed by atoms with van der Waals surface area (Å²) in [6.45, 7) is 3.48. The molecule has 0 radical (unpaired) electrons. The van der Waals surface area contributed by atoms with Gasteiger partial charge in [-0.15, -0.1) is 0 Å². The number of esters is 1. The fourth-order valence-corrected chi connectivity index (χ4v) is 5.25. The van der Waals surface area contributed by atoms with Crippen LogP contribution in [0.5, 0.6) is 0 Å². The Labute approximate surface area is 218 Å². The summed E-state index contributed by atoms with van der Waals surface area (Å²) < 4.78 is 39.1. The lowest BCUT2D eigenvalue weighted by Gasteiger charge is -2.39. The number of nitrogens with zero attached hydrogens (tertiary/aromatic N) is 2. The van der Waals surface area contributed by atoms with Crippen LogP contribution in [0.1, 0.15) is 49.1 Å². The monoisotopic (exact) mass is 561 g/mol. The van der Waals surface area contributed by atoms with Crippen LogP contribution in [-0.4, -0.2) is 28.2 Å². The molecule has 0 bridgehead atoms. The van der Waals surface area contributed by atoms with Crippen molar-refractivity contribution < 1.29 is 28.0 Å². The summed E-state index contributed by atoms with van der Waals surface area (Å²) >= 11 is 3.45. The summed E-state index contributed by atoms with van der Waals surface area (Å²) in [5, 5.41) is 11.5. The quantitative estimate of drug-likeness (QED) is 0.212. The van der Waals surface area contributed by atoms with E-state index < -0.39 is 29.8 Å².